The lowest BCUT2D eigenvalue weighted by Gasteiger charge is -2.09. The third-order valence-corrected chi connectivity index (χ3v) is 2.86. The maximum absolute atomic E-state index is 4.48. The van der Waals surface area contributed by atoms with Crippen LogP contribution in [0.3, 0.4) is 0 Å². The van der Waals surface area contributed by atoms with Gasteiger partial charge in [-0.3, -0.25) is 4.98 Å². The van der Waals surface area contributed by atoms with Crippen molar-refractivity contribution < 1.29 is 0 Å². The minimum absolute atomic E-state index is 0.808. The van der Waals surface area contributed by atoms with Gasteiger partial charge in [-0.2, -0.15) is 0 Å². The van der Waals surface area contributed by atoms with E-state index < -0.39 is 0 Å². The van der Waals surface area contributed by atoms with Crippen molar-refractivity contribution in [3.05, 3.63) is 42.0 Å². The lowest BCUT2D eigenvalue weighted by atomic mass is 10.3. The van der Waals surface area contributed by atoms with Crippen LogP contribution in [0, 0.1) is 0 Å². The Labute approximate surface area is 119 Å². The van der Waals surface area contributed by atoms with E-state index in [0.717, 1.165) is 49.1 Å². The summed E-state index contributed by atoms with van der Waals surface area (Å²) in [6, 6.07) is 7.91. The molecule has 2 rings (SSSR count). The lowest BCUT2D eigenvalue weighted by Crippen LogP contribution is -2.10. The highest BCUT2D eigenvalue weighted by Crippen LogP contribution is 2.11. The van der Waals surface area contributed by atoms with Crippen LogP contribution >= 0.6 is 0 Å². The average molecular weight is 271 g/mol. The van der Waals surface area contributed by atoms with E-state index in [1.165, 1.54) is 0 Å². The second kappa shape index (κ2) is 7.43. The first-order valence-corrected chi connectivity index (χ1v) is 7.07. The van der Waals surface area contributed by atoms with Crippen LogP contribution < -0.4 is 10.6 Å². The molecule has 0 amide bonds. The standard InChI is InChI=1S/C15H21N5/c1-3-13-19-14(16-4-2)11-15(20-13)18-10-8-12-7-5-6-9-17-12/h5-7,9,11H,3-4,8,10H2,1-2H3,(H2,16,18,19,20). The third-order valence-electron chi connectivity index (χ3n) is 2.86. The maximum atomic E-state index is 4.48. The van der Waals surface area contributed by atoms with Gasteiger partial charge in [0.05, 0.1) is 0 Å². The van der Waals surface area contributed by atoms with E-state index in [-0.39, 0.29) is 0 Å². The molecule has 0 aliphatic heterocycles. The van der Waals surface area contributed by atoms with Crippen LogP contribution in [0.1, 0.15) is 25.4 Å². The number of pyridine rings is 1. The largest absolute Gasteiger partial charge is 0.370 e. The van der Waals surface area contributed by atoms with Crippen molar-refractivity contribution in [2.24, 2.45) is 0 Å². The molecule has 0 bridgehead atoms. The van der Waals surface area contributed by atoms with Gasteiger partial charge < -0.3 is 10.6 Å². The fraction of sp³-hybridized carbons (Fsp3) is 0.400. The van der Waals surface area contributed by atoms with E-state index in [0.29, 0.717) is 0 Å². The second-order valence-electron chi connectivity index (χ2n) is 4.44. The Balaban J connectivity index is 1.96. The number of nitrogens with zero attached hydrogens (tertiary/aromatic N) is 3. The highest BCUT2D eigenvalue weighted by atomic mass is 15.1. The van der Waals surface area contributed by atoms with Gasteiger partial charge in [0, 0.05) is 43.9 Å². The van der Waals surface area contributed by atoms with Crippen LogP contribution in [0.25, 0.3) is 0 Å². The van der Waals surface area contributed by atoms with Crippen LogP contribution in [0.4, 0.5) is 11.6 Å². The van der Waals surface area contributed by atoms with Gasteiger partial charge >= 0.3 is 0 Å². The zero-order chi connectivity index (χ0) is 14.2. The number of hydrogen-bond donors (Lipinski definition) is 2. The van der Waals surface area contributed by atoms with E-state index >= 15 is 0 Å². The van der Waals surface area contributed by atoms with Gasteiger partial charge in [-0.25, -0.2) is 9.97 Å². The summed E-state index contributed by atoms with van der Waals surface area (Å²) >= 11 is 0. The van der Waals surface area contributed by atoms with Crippen molar-refractivity contribution in [3.8, 4) is 0 Å². The van der Waals surface area contributed by atoms with E-state index in [1.54, 1.807) is 0 Å². The summed E-state index contributed by atoms with van der Waals surface area (Å²) in [6.45, 7) is 5.78. The molecule has 0 saturated carbocycles. The quantitative estimate of drug-likeness (QED) is 0.810. The van der Waals surface area contributed by atoms with Crippen molar-refractivity contribution in [3.63, 3.8) is 0 Å². The molecule has 5 nitrogen and oxygen atoms in total. The van der Waals surface area contributed by atoms with Crippen molar-refractivity contribution in [1.82, 2.24) is 15.0 Å². The molecule has 2 heterocycles. The van der Waals surface area contributed by atoms with Gasteiger partial charge in [0.1, 0.15) is 17.5 Å². The minimum Gasteiger partial charge on any atom is -0.370 e. The summed E-state index contributed by atoms with van der Waals surface area (Å²) in [6.07, 6.45) is 3.52. The Hall–Kier alpha value is -2.17. The first-order chi connectivity index (χ1) is 9.81. The normalized spacial score (nSPS) is 10.3. The molecule has 20 heavy (non-hydrogen) atoms. The Bertz CT molecular complexity index is 527. The predicted molar refractivity (Wildman–Crippen MR) is 82.0 cm³/mol. The molecule has 0 aliphatic rings. The Morgan fingerprint density at radius 3 is 2.50 bits per heavy atom. The van der Waals surface area contributed by atoms with Gasteiger partial charge in [0.25, 0.3) is 0 Å². The topological polar surface area (TPSA) is 62.7 Å². The maximum Gasteiger partial charge on any atom is 0.132 e. The van der Waals surface area contributed by atoms with Gasteiger partial charge in [-0.1, -0.05) is 13.0 Å². The molecule has 0 aromatic carbocycles. The molecule has 0 saturated heterocycles. The highest BCUT2D eigenvalue weighted by molar-refractivity contribution is 5.47. The zero-order valence-electron chi connectivity index (χ0n) is 12.1. The van der Waals surface area contributed by atoms with Gasteiger partial charge in [-0.15, -0.1) is 0 Å². The van der Waals surface area contributed by atoms with Crippen LogP contribution in [0.15, 0.2) is 30.5 Å². The molecule has 0 fully saturated rings. The summed E-state index contributed by atoms with van der Waals surface area (Å²) in [7, 11) is 0. The smallest absolute Gasteiger partial charge is 0.132 e. The third kappa shape index (κ3) is 4.19. The van der Waals surface area contributed by atoms with Gasteiger partial charge in [0.2, 0.25) is 0 Å². The first-order valence-electron chi connectivity index (χ1n) is 7.07. The summed E-state index contributed by atoms with van der Waals surface area (Å²) < 4.78 is 0. The molecule has 2 aromatic rings. The van der Waals surface area contributed by atoms with Crippen molar-refractivity contribution in [2.45, 2.75) is 26.7 Å². The molecule has 0 unspecified atom stereocenters. The summed E-state index contributed by atoms with van der Waals surface area (Å²) in [4.78, 5) is 13.2. The number of hydrogen-bond acceptors (Lipinski definition) is 5. The van der Waals surface area contributed by atoms with E-state index in [4.69, 9.17) is 0 Å². The SMILES string of the molecule is CCNc1cc(NCCc2ccccn2)nc(CC)n1. The van der Waals surface area contributed by atoms with Crippen LogP contribution in [-0.4, -0.2) is 28.0 Å². The van der Waals surface area contributed by atoms with Crippen molar-refractivity contribution >= 4 is 11.6 Å². The van der Waals surface area contributed by atoms with E-state index in [9.17, 15) is 0 Å². The molecule has 2 N–H and O–H groups in total. The molecule has 0 radical (unpaired) electrons. The Morgan fingerprint density at radius 2 is 1.85 bits per heavy atom. The average Bonchev–Trinajstić information content (AvgIpc) is 2.48. The molecule has 2 aromatic heterocycles. The zero-order valence-corrected chi connectivity index (χ0v) is 12.1. The minimum atomic E-state index is 0.808. The molecular weight excluding hydrogens is 250 g/mol. The number of rotatable bonds is 7. The summed E-state index contributed by atoms with van der Waals surface area (Å²) in [5, 5.41) is 6.56. The number of nitrogens with one attached hydrogen (secondary N) is 2. The molecule has 0 atom stereocenters. The highest BCUT2D eigenvalue weighted by Gasteiger charge is 2.02. The number of anilines is 2. The van der Waals surface area contributed by atoms with E-state index in [2.05, 4.69) is 39.4 Å². The van der Waals surface area contributed by atoms with E-state index in [1.807, 2.05) is 30.5 Å². The summed E-state index contributed by atoms with van der Waals surface area (Å²) in [5.41, 5.74) is 1.08. The molecule has 0 aliphatic carbocycles. The fourth-order valence-electron chi connectivity index (χ4n) is 1.88. The Kier molecular flexibility index (Phi) is 5.29. The van der Waals surface area contributed by atoms with Gasteiger partial charge in [0.15, 0.2) is 0 Å². The van der Waals surface area contributed by atoms with Gasteiger partial charge in [-0.05, 0) is 19.1 Å². The van der Waals surface area contributed by atoms with Crippen molar-refractivity contribution in [2.75, 3.05) is 23.7 Å². The monoisotopic (exact) mass is 271 g/mol. The molecular formula is C15H21N5. The van der Waals surface area contributed by atoms with Crippen LogP contribution in [-0.2, 0) is 12.8 Å². The fourth-order valence-corrected chi connectivity index (χ4v) is 1.88. The molecule has 5 heteroatoms. The first kappa shape index (κ1) is 14.2. The molecule has 106 valence electrons. The number of aromatic nitrogens is 3. The molecule has 0 spiro atoms. The van der Waals surface area contributed by atoms with Crippen LogP contribution in [0.5, 0.6) is 0 Å². The van der Waals surface area contributed by atoms with Crippen LogP contribution in [0.2, 0.25) is 0 Å². The summed E-state index contributed by atoms with van der Waals surface area (Å²) in [5.74, 6) is 2.59. The predicted octanol–water partition coefficient (Wildman–Crippen LogP) is 2.52. The van der Waals surface area contributed by atoms with Crippen molar-refractivity contribution in [1.29, 1.82) is 0 Å². The second-order valence-corrected chi connectivity index (χ2v) is 4.44. The number of aryl methyl sites for hydroxylation is 1. The lowest BCUT2D eigenvalue weighted by molar-refractivity contribution is 0.913. The Morgan fingerprint density at radius 1 is 1.05 bits per heavy atom.